The van der Waals surface area contributed by atoms with Crippen molar-refractivity contribution < 1.29 is 9.59 Å². The van der Waals surface area contributed by atoms with Crippen LogP contribution >= 0.6 is 11.3 Å². The molecule has 2 aromatic heterocycles. The van der Waals surface area contributed by atoms with Gasteiger partial charge in [-0.15, -0.1) is 11.3 Å². The first-order chi connectivity index (χ1) is 13.5. The van der Waals surface area contributed by atoms with Crippen LogP contribution in [0.3, 0.4) is 0 Å². The lowest BCUT2D eigenvalue weighted by atomic mass is 10.1. The van der Waals surface area contributed by atoms with Crippen molar-refractivity contribution >= 4 is 33.8 Å². The third kappa shape index (κ3) is 3.65. The molecule has 140 valence electrons. The van der Waals surface area contributed by atoms with Gasteiger partial charge in [0, 0.05) is 34.1 Å². The van der Waals surface area contributed by atoms with Crippen molar-refractivity contribution in [2.75, 3.05) is 5.32 Å². The maximum absolute atomic E-state index is 12.4. The average molecular weight is 390 g/mol. The number of aromatic nitrogens is 2. The Hall–Kier alpha value is -3.45. The molecular formula is C21H18N4O2S. The van der Waals surface area contributed by atoms with Gasteiger partial charge in [-0.1, -0.05) is 29.8 Å². The summed E-state index contributed by atoms with van der Waals surface area (Å²) in [5, 5.41) is 4.78. The number of aryl methyl sites for hydroxylation is 1. The molecule has 0 unspecified atom stereocenters. The average Bonchev–Trinajstić information content (AvgIpc) is 3.25. The Kier molecular flexibility index (Phi) is 4.67. The van der Waals surface area contributed by atoms with Crippen molar-refractivity contribution in [2.24, 2.45) is 5.73 Å². The molecule has 0 spiro atoms. The molecule has 0 saturated carbocycles. The van der Waals surface area contributed by atoms with Crippen LogP contribution in [0.2, 0.25) is 0 Å². The molecule has 0 radical (unpaired) electrons. The zero-order valence-corrected chi connectivity index (χ0v) is 16.0. The largest absolute Gasteiger partial charge is 0.366 e. The Labute approximate surface area is 165 Å². The van der Waals surface area contributed by atoms with Gasteiger partial charge >= 0.3 is 0 Å². The normalized spacial score (nSPS) is 10.9. The number of amides is 2. The molecule has 3 N–H and O–H groups in total. The Morgan fingerprint density at radius 2 is 1.82 bits per heavy atom. The standard InChI is InChI=1S/C21H18N4O2S/c1-13-2-4-14(5-3-13)18-11-25-17(12-28-21(25)24-18)10-19(26)23-16-8-6-15(7-9-16)20(22)27/h2-9,11-12H,10H2,1H3,(H2,22,27)(H,23,26). The number of rotatable bonds is 5. The summed E-state index contributed by atoms with van der Waals surface area (Å²) in [5.74, 6) is -0.639. The number of hydrogen-bond acceptors (Lipinski definition) is 4. The fraction of sp³-hybridized carbons (Fsp3) is 0.0952. The van der Waals surface area contributed by atoms with Gasteiger partial charge < -0.3 is 11.1 Å². The molecule has 0 bridgehead atoms. The van der Waals surface area contributed by atoms with E-state index >= 15 is 0 Å². The van der Waals surface area contributed by atoms with E-state index in [9.17, 15) is 9.59 Å². The van der Waals surface area contributed by atoms with Crippen LogP contribution in [-0.4, -0.2) is 21.2 Å². The molecule has 0 aliphatic carbocycles. The molecule has 0 aliphatic rings. The monoisotopic (exact) mass is 390 g/mol. The topological polar surface area (TPSA) is 89.5 Å². The lowest BCUT2D eigenvalue weighted by Crippen LogP contribution is -2.16. The molecule has 0 atom stereocenters. The Morgan fingerprint density at radius 3 is 2.50 bits per heavy atom. The fourth-order valence-corrected chi connectivity index (χ4v) is 3.78. The number of carbonyl (C=O) groups excluding carboxylic acids is 2. The minimum Gasteiger partial charge on any atom is -0.366 e. The zero-order chi connectivity index (χ0) is 19.7. The van der Waals surface area contributed by atoms with Crippen molar-refractivity contribution in [2.45, 2.75) is 13.3 Å². The van der Waals surface area contributed by atoms with Gasteiger partial charge in [0.1, 0.15) is 0 Å². The molecule has 2 aromatic carbocycles. The van der Waals surface area contributed by atoms with Gasteiger partial charge in [-0.05, 0) is 31.2 Å². The van der Waals surface area contributed by atoms with Crippen LogP contribution in [0, 0.1) is 6.92 Å². The molecule has 0 saturated heterocycles. The second kappa shape index (κ2) is 7.28. The number of carbonyl (C=O) groups is 2. The van der Waals surface area contributed by atoms with E-state index in [0.717, 1.165) is 21.9 Å². The molecule has 2 heterocycles. The van der Waals surface area contributed by atoms with E-state index in [1.54, 1.807) is 24.3 Å². The number of nitrogens with one attached hydrogen (secondary N) is 1. The molecule has 4 aromatic rings. The van der Waals surface area contributed by atoms with Crippen molar-refractivity contribution in [1.82, 2.24) is 9.38 Å². The lowest BCUT2D eigenvalue weighted by molar-refractivity contribution is -0.115. The van der Waals surface area contributed by atoms with Crippen molar-refractivity contribution in [3.8, 4) is 11.3 Å². The quantitative estimate of drug-likeness (QED) is 0.545. The van der Waals surface area contributed by atoms with Crippen LogP contribution in [-0.2, 0) is 11.2 Å². The highest BCUT2D eigenvalue weighted by atomic mass is 32.1. The number of benzene rings is 2. The summed E-state index contributed by atoms with van der Waals surface area (Å²) in [4.78, 5) is 29.1. The molecule has 2 amide bonds. The number of nitrogens with two attached hydrogens (primary N) is 1. The van der Waals surface area contributed by atoms with E-state index < -0.39 is 5.91 Å². The Morgan fingerprint density at radius 1 is 1.11 bits per heavy atom. The van der Waals surface area contributed by atoms with E-state index in [2.05, 4.69) is 22.4 Å². The van der Waals surface area contributed by atoms with Gasteiger partial charge in [-0.3, -0.25) is 14.0 Å². The number of thiazole rings is 1. The minimum absolute atomic E-state index is 0.142. The first kappa shape index (κ1) is 17.9. The summed E-state index contributed by atoms with van der Waals surface area (Å²) in [6.07, 6.45) is 2.18. The van der Waals surface area contributed by atoms with Gasteiger partial charge in [-0.25, -0.2) is 4.98 Å². The van der Waals surface area contributed by atoms with Crippen LogP contribution in [0.15, 0.2) is 60.1 Å². The first-order valence-electron chi connectivity index (χ1n) is 8.72. The summed E-state index contributed by atoms with van der Waals surface area (Å²) in [6, 6.07) is 14.7. The van der Waals surface area contributed by atoms with Gasteiger partial charge in [-0.2, -0.15) is 0 Å². The second-order valence-corrected chi connectivity index (χ2v) is 7.37. The van der Waals surface area contributed by atoms with Gasteiger partial charge in [0.05, 0.1) is 12.1 Å². The highest BCUT2D eigenvalue weighted by Crippen LogP contribution is 2.24. The summed E-state index contributed by atoms with van der Waals surface area (Å²) in [5.41, 5.74) is 10.3. The highest BCUT2D eigenvalue weighted by molar-refractivity contribution is 7.15. The molecule has 7 heteroatoms. The summed E-state index contributed by atoms with van der Waals surface area (Å²) >= 11 is 1.51. The van der Waals surface area contributed by atoms with E-state index in [1.165, 1.54) is 16.9 Å². The molecule has 0 fully saturated rings. The van der Waals surface area contributed by atoms with Gasteiger partial charge in [0.2, 0.25) is 11.8 Å². The maximum atomic E-state index is 12.4. The fourth-order valence-electron chi connectivity index (χ4n) is 2.91. The summed E-state index contributed by atoms with van der Waals surface area (Å²) in [7, 11) is 0. The Balaban J connectivity index is 1.50. The van der Waals surface area contributed by atoms with Crippen molar-refractivity contribution in [3.05, 3.63) is 76.9 Å². The first-order valence-corrected chi connectivity index (χ1v) is 9.60. The van der Waals surface area contributed by atoms with Crippen molar-refractivity contribution in [1.29, 1.82) is 0 Å². The SMILES string of the molecule is Cc1ccc(-c2cn3c(CC(=O)Nc4ccc(C(N)=O)cc4)csc3n2)cc1. The smallest absolute Gasteiger partial charge is 0.248 e. The van der Waals surface area contributed by atoms with E-state index in [4.69, 9.17) is 5.73 Å². The number of fused-ring (bicyclic) bond motifs is 1. The van der Waals surface area contributed by atoms with Gasteiger partial charge in [0.15, 0.2) is 4.96 Å². The summed E-state index contributed by atoms with van der Waals surface area (Å²) < 4.78 is 1.95. The maximum Gasteiger partial charge on any atom is 0.248 e. The van der Waals surface area contributed by atoms with Gasteiger partial charge in [0.25, 0.3) is 0 Å². The molecule has 0 aliphatic heterocycles. The van der Waals surface area contributed by atoms with Crippen LogP contribution in [0.5, 0.6) is 0 Å². The summed E-state index contributed by atoms with van der Waals surface area (Å²) in [6.45, 7) is 2.05. The van der Waals surface area contributed by atoms with Crippen LogP contribution in [0.4, 0.5) is 5.69 Å². The van der Waals surface area contributed by atoms with E-state index in [0.29, 0.717) is 11.3 Å². The highest BCUT2D eigenvalue weighted by Gasteiger charge is 2.13. The predicted molar refractivity (Wildman–Crippen MR) is 111 cm³/mol. The van der Waals surface area contributed by atoms with E-state index in [1.807, 2.05) is 35.0 Å². The third-order valence-electron chi connectivity index (χ3n) is 4.43. The third-order valence-corrected chi connectivity index (χ3v) is 5.31. The van der Waals surface area contributed by atoms with E-state index in [-0.39, 0.29) is 12.3 Å². The number of hydrogen-bond donors (Lipinski definition) is 2. The zero-order valence-electron chi connectivity index (χ0n) is 15.2. The van der Waals surface area contributed by atoms with Crippen LogP contribution in [0.1, 0.15) is 21.6 Å². The second-order valence-electron chi connectivity index (χ2n) is 6.54. The number of primary amides is 1. The Bertz CT molecular complexity index is 1160. The number of imidazole rings is 1. The molecule has 4 rings (SSSR count). The molecule has 6 nitrogen and oxygen atoms in total. The number of anilines is 1. The van der Waals surface area contributed by atoms with Crippen LogP contribution < -0.4 is 11.1 Å². The van der Waals surface area contributed by atoms with Crippen molar-refractivity contribution in [3.63, 3.8) is 0 Å². The molecular weight excluding hydrogens is 372 g/mol. The lowest BCUT2D eigenvalue weighted by Gasteiger charge is -2.05. The minimum atomic E-state index is -0.497. The number of nitrogens with zero attached hydrogens (tertiary/aromatic N) is 2. The predicted octanol–water partition coefficient (Wildman–Crippen LogP) is 3.65. The van der Waals surface area contributed by atoms with Crippen LogP contribution in [0.25, 0.3) is 16.2 Å². The molecule has 28 heavy (non-hydrogen) atoms.